The third-order valence-corrected chi connectivity index (χ3v) is 5.22. The molecule has 0 aliphatic carbocycles. The number of benzene rings is 1. The minimum absolute atomic E-state index is 0.766. The predicted molar refractivity (Wildman–Crippen MR) is 99.9 cm³/mol. The van der Waals surface area contributed by atoms with Gasteiger partial charge in [-0.1, -0.05) is 12.1 Å². The van der Waals surface area contributed by atoms with Crippen molar-refractivity contribution in [3.05, 3.63) is 47.2 Å². The summed E-state index contributed by atoms with van der Waals surface area (Å²) in [4.78, 5) is 19.6. The maximum absolute atomic E-state index is 5.40. The van der Waals surface area contributed by atoms with Gasteiger partial charge in [0, 0.05) is 37.3 Å². The van der Waals surface area contributed by atoms with Crippen molar-refractivity contribution >= 4 is 27.5 Å². The molecule has 1 fully saturated rings. The molecule has 0 atom stereocenters. The van der Waals surface area contributed by atoms with Crippen molar-refractivity contribution in [2.24, 2.45) is 0 Å². The lowest BCUT2D eigenvalue weighted by Crippen LogP contribution is -2.36. The van der Waals surface area contributed by atoms with Crippen LogP contribution in [0.3, 0.4) is 0 Å². The Hall–Kier alpha value is -2.09. The molecule has 1 aromatic carbocycles. The third kappa shape index (κ3) is 3.95. The van der Waals surface area contributed by atoms with Crippen LogP contribution in [0.2, 0.25) is 0 Å². The van der Waals surface area contributed by atoms with Crippen molar-refractivity contribution in [3.63, 3.8) is 0 Å². The van der Waals surface area contributed by atoms with Gasteiger partial charge in [0.25, 0.3) is 0 Å². The van der Waals surface area contributed by atoms with Crippen molar-refractivity contribution in [2.75, 3.05) is 38.3 Å². The van der Waals surface area contributed by atoms with Gasteiger partial charge in [-0.3, -0.25) is 9.88 Å². The monoisotopic (exact) mass is 355 g/mol. The molecule has 130 valence electrons. The van der Waals surface area contributed by atoms with E-state index < -0.39 is 0 Å². The summed E-state index contributed by atoms with van der Waals surface area (Å²) in [5.74, 6) is 0. The van der Waals surface area contributed by atoms with Gasteiger partial charge in [0.15, 0.2) is 5.13 Å². The summed E-state index contributed by atoms with van der Waals surface area (Å²) in [5, 5.41) is 1.09. The van der Waals surface area contributed by atoms with Gasteiger partial charge in [-0.15, -0.1) is 11.3 Å². The largest absolute Gasteiger partial charge is 0.378 e. The van der Waals surface area contributed by atoms with E-state index in [0.29, 0.717) is 0 Å². The summed E-state index contributed by atoms with van der Waals surface area (Å²) in [7, 11) is 2.10. The van der Waals surface area contributed by atoms with E-state index in [1.54, 1.807) is 11.3 Å². The molecule has 4 rings (SSSR count). The van der Waals surface area contributed by atoms with Crippen molar-refractivity contribution in [1.82, 2.24) is 19.9 Å². The number of hydrogen-bond acceptors (Lipinski definition) is 7. The van der Waals surface area contributed by atoms with Gasteiger partial charge < -0.3 is 9.64 Å². The molecule has 3 aromatic rings. The maximum Gasteiger partial charge on any atom is 0.185 e. The van der Waals surface area contributed by atoms with Crippen LogP contribution in [-0.2, 0) is 17.8 Å². The Labute approximate surface area is 151 Å². The highest BCUT2D eigenvalue weighted by Crippen LogP contribution is 2.24. The molecule has 1 aliphatic heterocycles. The minimum atomic E-state index is 0.766. The molecule has 0 amide bonds. The zero-order valence-corrected chi connectivity index (χ0v) is 15.1. The standard InChI is InChI=1S/C18H21N5OS/c1-22(12-14-10-19-16-4-2-3-5-17(16)21-14)13-15-11-20-18(25-15)23-6-8-24-9-7-23/h2-5,10-11H,6-9,12-13H2,1H3. The molecule has 3 heterocycles. The first-order chi connectivity index (χ1) is 12.3. The Morgan fingerprint density at radius 2 is 1.88 bits per heavy atom. The van der Waals surface area contributed by atoms with Gasteiger partial charge in [-0.05, 0) is 19.2 Å². The smallest absolute Gasteiger partial charge is 0.185 e. The molecular weight excluding hydrogens is 334 g/mol. The van der Waals surface area contributed by atoms with E-state index in [1.807, 2.05) is 36.7 Å². The number of thiazole rings is 1. The molecule has 7 heteroatoms. The topological polar surface area (TPSA) is 54.4 Å². The highest BCUT2D eigenvalue weighted by atomic mass is 32.1. The highest BCUT2D eigenvalue weighted by molar-refractivity contribution is 7.15. The first-order valence-electron chi connectivity index (χ1n) is 8.44. The van der Waals surface area contributed by atoms with Crippen molar-refractivity contribution in [3.8, 4) is 0 Å². The van der Waals surface area contributed by atoms with E-state index in [1.165, 1.54) is 4.88 Å². The summed E-state index contributed by atoms with van der Waals surface area (Å²) < 4.78 is 5.40. The Balaban J connectivity index is 1.39. The lowest BCUT2D eigenvalue weighted by Gasteiger charge is -2.26. The number of nitrogens with zero attached hydrogens (tertiary/aromatic N) is 5. The van der Waals surface area contributed by atoms with Crippen LogP contribution in [0.15, 0.2) is 36.7 Å². The Kier molecular flexibility index (Phi) is 4.87. The van der Waals surface area contributed by atoms with E-state index in [4.69, 9.17) is 9.72 Å². The van der Waals surface area contributed by atoms with E-state index in [0.717, 1.165) is 61.3 Å². The molecule has 0 N–H and O–H groups in total. The Morgan fingerprint density at radius 3 is 2.72 bits per heavy atom. The Morgan fingerprint density at radius 1 is 1.08 bits per heavy atom. The van der Waals surface area contributed by atoms with Crippen LogP contribution in [-0.4, -0.2) is 53.2 Å². The molecule has 0 saturated carbocycles. The van der Waals surface area contributed by atoms with Crippen LogP contribution >= 0.6 is 11.3 Å². The zero-order valence-electron chi connectivity index (χ0n) is 14.3. The summed E-state index contributed by atoms with van der Waals surface area (Å²) in [6, 6.07) is 7.97. The molecule has 1 saturated heterocycles. The van der Waals surface area contributed by atoms with Crippen LogP contribution in [0.4, 0.5) is 5.13 Å². The molecule has 25 heavy (non-hydrogen) atoms. The SMILES string of the molecule is CN(Cc1cnc2ccccc2n1)Cc1cnc(N2CCOCC2)s1. The first-order valence-corrected chi connectivity index (χ1v) is 9.26. The second-order valence-electron chi connectivity index (χ2n) is 6.23. The molecule has 0 bridgehead atoms. The number of morpholine rings is 1. The number of para-hydroxylation sites is 2. The lowest BCUT2D eigenvalue weighted by atomic mass is 10.3. The number of fused-ring (bicyclic) bond motifs is 1. The minimum Gasteiger partial charge on any atom is -0.378 e. The van der Waals surface area contributed by atoms with Crippen LogP contribution in [0.25, 0.3) is 11.0 Å². The highest BCUT2D eigenvalue weighted by Gasteiger charge is 2.15. The number of hydrogen-bond donors (Lipinski definition) is 0. The van der Waals surface area contributed by atoms with Gasteiger partial charge in [0.1, 0.15) is 0 Å². The number of anilines is 1. The average Bonchev–Trinajstić information content (AvgIpc) is 3.10. The van der Waals surface area contributed by atoms with Crippen LogP contribution in [0.5, 0.6) is 0 Å². The van der Waals surface area contributed by atoms with Gasteiger partial charge in [-0.25, -0.2) is 9.97 Å². The normalized spacial score (nSPS) is 15.2. The molecule has 0 spiro atoms. The fourth-order valence-electron chi connectivity index (χ4n) is 2.94. The summed E-state index contributed by atoms with van der Waals surface area (Å²) in [6.45, 7) is 5.05. The van der Waals surface area contributed by atoms with Crippen molar-refractivity contribution in [1.29, 1.82) is 0 Å². The van der Waals surface area contributed by atoms with Crippen LogP contribution in [0.1, 0.15) is 10.6 Å². The van der Waals surface area contributed by atoms with Gasteiger partial charge in [0.2, 0.25) is 0 Å². The zero-order chi connectivity index (χ0) is 17.1. The summed E-state index contributed by atoms with van der Waals surface area (Å²) >= 11 is 1.76. The molecular formula is C18H21N5OS. The van der Waals surface area contributed by atoms with E-state index in [-0.39, 0.29) is 0 Å². The fourth-order valence-corrected chi connectivity index (χ4v) is 3.98. The lowest BCUT2D eigenvalue weighted by molar-refractivity contribution is 0.122. The third-order valence-electron chi connectivity index (χ3n) is 4.18. The van der Waals surface area contributed by atoms with Crippen molar-refractivity contribution in [2.45, 2.75) is 13.1 Å². The summed E-state index contributed by atoms with van der Waals surface area (Å²) in [5.41, 5.74) is 2.87. The van der Waals surface area contributed by atoms with Crippen molar-refractivity contribution < 1.29 is 4.74 Å². The predicted octanol–water partition coefficient (Wildman–Crippen LogP) is 2.55. The van der Waals surface area contributed by atoms with E-state index in [9.17, 15) is 0 Å². The van der Waals surface area contributed by atoms with E-state index >= 15 is 0 Å². The van der Waals surface area contributed by atoms with Crippen LogP contribution < -0.4 is 4.90 Å². The number of aromatic nitrogens is 3. The average molecular weight is 355 g/mol. The second-order valence-corrected chi connectivity index (χ2v) is 7.32. The first kappa shape index (κ1) is 16.4. The molecule has 2 aromatic heterocycles. The molecule has 6 nitrogen and oxygen atoms in total. The van der Waals surface area contributed by atoms with E-state index in [2.05, 4.69) is 26.8 Å². The quantitative estimate of drug-likeness (QED) is 0.701. The van der Waals surface area contributed by atoms with Crippen LogP contribution in [0, 0.1) is 0 Å². The molecule has 0 unspecified atom stereocenters. The number of ether oxygens (including phenoxy) is 1. The number of rotatable bonds is 5. The van der Waals surface area contributed by atoms with Gasteiger partial charge >= 0.3 is 0 Å². The fraction of sp³-hybridized carbons (Fsp3) is 0.389. The second kappa shape index (κ2) is 7.43. The molecule has 1 aliphatic rings. The van der Waals surface area contributed by atoms with Gasteiger partial charge in [0.05, 0.1) is 36.1 Å². The summed E-state index contributed by atoms with van der Waals surface area (Å²) in [6.07, 6.45) is 3.85. The maximum atomic E-state index is 5.40. The molecule has 0 radical (unpaired) electrons. The Bertz CT molecular complexity index is 846. The van der Waals surface area contributed by atoms with Gasteiger partial charge in [-0.2, -0.15) is 0 Å².